The summed E-state index contributed by atoms with van der Waals surface area (Å²) in [6.07, 6.45) is 3.08. The molecule has 0 atom stereocenters. The van der Waals surface area contributed by atoms with Crippen LogP contribution in [0.25, 0.3) is 0 Å². The van der Waals surface area contributed by atoms with Crippen LogP contribution in [-0.2, 0) is 0 Å². The standard InChI is InChI=1S/C20H22FN3O3/c1-13-2-3-15(10-17(13)21)20(26)24-8-5-14(6-9-24)12-27-16-4-7-23-18(11-16)19(22)25/h2-4,7,10-11,14H,5-6,8-9,12H2,1H3,(H2,22,25). The Bertz CT molecular complexity index is 848. The van der Waals surface area contributed by atoms with Gasteiger partial charge in [0.25, 0.3) is 11.8 Å². The summed E-state index contributed by atoms with van der Waals surface area (Å²) in [6.45, 7) is 3.37. The minimum Gasteiger partial charge on any atom is -0.493 e. The Morgan fingerprint density at radius 2 is 2.00 bits per heavy atom. The molecule has 2 aromatic rings. The third-order valence-electron chi connectivity index (χ3n) is 4.79. The van der Waals surface area contributed by atoms with E-state index in [1.54, 1.807) is 30.0 Å². The summed E-state index contributed by atoms with van der Waals surface area (Å²) in [6, 6.07) is 7.78. The summed E-state index contributed by atoms with van der Waals surface area (Å²) in [5.41, 5.74) is 6.28. The summed E-state index contributed by atoms with van der Waals surface area (Å²) < 4.78 is 19.4. The Labute approximate surface area is 157 Å². The van der Waals surface area contributed by atoms with E-state index in [9.17, 15) is 14.0 Å². The molecule has 2 amide bonds. The molecule has 1 aromatic heterocycles. The molecule has 0 radical (unpaired) electrons. The largest absolute Gasteiger partial charge is 0.493 e. The lowest BCUT2D eigenvalue weighted by Crippen LogP contribution is -2.39. The number of carbonyl (C=O) groups is 2. The fourth-order valence-electron chi connectivity index (χ4n) is 3.06. The van der Waals surface area contributed by atoms with Crippen molar-refractivity contribution in [3.8, 4) is 5.75 Å². The zero-order valence-corrected chi connectivity index (χ0v) is 15.2. The van der Waals surface area contributed by atoms with Crippen LogP contribution in [0.3, 0.4) is 0 Å². The van der Waals surface area contributed by atoms with Crippen LogP contribution < -0.4 is 10.5 Å². The number of likely N-dealkylation sites (tertiary alicyclic amines) is 1. The molecule has 1 fully saturated rings. The van der Waals surface area contributed by atoms with Gasteiger partial charge in [0.15, 0.2) is 0 Å². The van der Waals surface area contributed by atoms with Gasteiger partial charge < -0.3 is 15.4 Å². The van der Waals surface area contributed by atoms with Crippen molar-refractivity contribution in [2.45, 2.75) is 19.8 Å². The van der Waals surface area contributed by atoms with Gasteiger partial charge in [-0.05, 0) is 49.4 Å². The van der Waals surface area contributed by atoms with Gasteiger partial charge in [0.2, 0.25) is 0 Å². The van der Waals surface area contributed by atoms with Crippen molar-refractivity contribution in [3.63, 3.8) is 0 Å². The topological polar surface area (TPSA) is 85.5 Å². The molecule has 6 nitrogen and oxygen atoms in total. The van der Waals surface area contributed by atoms with Crippen LogP contribution in [0.1, 0.15) is 39.3 Å². The highest BCUT2D eigenvalue weighted by Crippen LogP contribution is 2.21. The van der Waals surface area contributed by atoms with Crippen LogP contribution in [0.5, 0.6) is 5.75 Å². The highest BCUT2D eigenvalue weighted by Gasteiger charge is 2.24. The molecular weight excluding hydrogens is 349 g/mol. The highest BCUT2D eigenvalue weighted by atomic mass is 19.1. The molecule has 2 heterocycles. The van der Waals surface area contributed by atoms with Crippen molar-refractivity contribution in [2.75, 3.05) is 19.7 Å². The number of aromatic nitrogens is 1. The molecule has 142 valence electrons. The molecule has 1 aliphatic heterocycles. The van der Waals surface area contributed by atoms with Crippen molar-refractivity contribution in [3.05, 3.63) is 59.2 Å². The number of nitrogens with zero attached hydrogens (tertiary/aromatic N) is 2. The number of pyridine rings is 1. The number of halogens is 1. The van der Waals surface area contributed by atoms with E-state index in [-0.39, 0.29) is 17.4 Å². The lowest BCUT2D eigenvalue weighted by Gasteiger charge is -2.32. The maximum Gasteiger partial charge on any atom is 0.267 e. The average molecular weight is 371 g/mol. The van der Waals surface area contributed by atoms with Crippen LogP contribution in [-0.4, -0.2) is 41.4 Å². The van der Waals surface area contributed by atoms with Gasteiger partial charge in [-0.3, -0.25) is 14.6 Å². The van der Waals surface area contributed by atoms with Crippen LogP contribution in [0, 0.1) is 18.7 Å². The van der Waals surface area contributed by atoms with Crippen molar-refractivity contribution < 1.29 is 18.7 Å². The smallest absolute Gasteiger partial charge is 0.267 e. The zero-order valence-electron chi connectivity index (χ0n) is 15.2. The molecule has 0 saturated carbocycles. The van der Waals surface area contributed by atoms with Gasteiger partial charge >= 0.3 is 0 Å². The summed E-state index contributed by atoms with van der Waals surface area (Å²) in [4.78, 5) is 29.3. The third kappa shape index (κ3) is 4.61. The number of amides is 2. The monoisotopic (exact) mass is 371 g/mol. The molecule has 1 aliphatic rings. The van der Waals surface area contributed by atoms with E-state index in [1.165, 1.54) is 18.3 Å². The number of aryl methyl sites for hydroxylation is 1. The van der Waals surface area contributed by atoms with E-state index in [0.717, 1.165) is 12.8 Å². The predicted molar refractivity (Wildman–Crippen MR) is 98.0 cm³/mol. The molecule has 2 N–H and O–H groups in total. The quantitative estimate of drug-likeness (QED) is 0.875. The number of piperidine rings is 1. The van der Waals surface area contributed by atoms with Crippen molar-refractivity contribution in [1.82, 2.24) is 9.88 Å². The lowest BCUT2D eigenvalue weighted by molar-refractivity contribution is 0.0660. The van der Waals surface area contributed by atoms with Crippen molar-refractivity contribution in [1.29, 1.82) is 0 Å². The van der Waals surface area contributed by atoms with E-state index in [1.807, 2.05) is 0 Å². The van der Waals surface area contributed by atoms with Gasteiger partial charge in [-0.15, -0.1) is 0 Å². The normalized spacial score (nSPS) is 14.8. The van der Waals surface area contributed by atoms with Crippen molar-refractivity contribution in [2.24, 2.45) is 11.7 Å². The summed E-state index contributed by atoms with van der Waals surface area (Å²) in [5.74, 6) is -0.258. The molecule has 1 aromatic carbocycles. The van der Waals surface area contributed by atoms with Gasteiger partial charge in [-0.2, -0.15) is 0 Å². The number of nitrogens with two attached hydrogens (primary N) is 1. The fraction of sp³-hybridized carbons (Fsp3) is 0.350. The Morgan fingerprint density at radius 1 is 1.26 bits per heavy atom. The minimum absolute atomic E-state index is 0.145. The van der Waals surface area contributed by atoms with Gasteiger partial charge in [0, 0.05) is 30.9 Å². The fourth-order valence-corrected chi connectivity index (χ4v) is 3.06. The van der Waals surface area contributed by atoms with Crippen LogP contribution >= 0.6 is 0 Å². The third-order valence-corrected chi connectivity index (χ3v) is 4.79. The number of ether oxygens (including phenoxy) is 1. The number of hydrogen-bond donors (Lipinski definition) is 1. The first-order valence-electron chi connectivity index (χ1n) is 8.88. The Morgan fingerprint density at radius 3 is 2.67 bits per heavy atom. The lowest BCUT2D eigenvalue weighted by atomic mass is 9.97. The minimum atomic E-state index is -0.597. The molecule has 0 unspecified atom stereocenters. The van der Waals surface area contributed by atoms with Crippen LogP contribution in [0.15, 0.2) is 36.5 Å². The SMILES string of the molecule is Cc1ccc(C(=O)N2CCC(COc3ccnc(C(N)=O)c3)CC2)cc1F. The predicted octanol–water partition coefficient (Wildman–Crippen LogP) is 2.56. The van der Waals surface area contributed by atoms with Crippen LogP contribution in [0.4, 0.5) is 4.39 Å². The highest BCUT2D eigenvalue weighted by molar-refractivity contribution is 5.94. The van der Waals surface area contributed by atoms with Crippen molar-refractivity contribution >= 4 is 11.8 Å². The molecule has 27 heavy (non-hydrogen) atoms. The summed E-state index contributed by atoms with van der Waals surface area (Å²) in [7, 11) is 0. The molecule has 1 saturated heterocycles. The summed E-state index contributed by atoms with van der Waals surface area (Å²) in [5, 5.41) is 0. The number of rotatable bonds is 5. The van der Waals surface area contributed by atoms with E-state index in [2.05, 4.69) is 4.98 Å². The van der Waals surface area contributed by atoms with E-state index >= 15 is 0 Å². The van der Waals surface area contributed by atoms with Gasteiger partial charge in [-0.25, -0.2) is 4.39 Å². The number of primary amides is 1. The first-order valence-corrected chi connectivity index (χ1v) is 8.88. The zero-order chi connectivity index (χ0) is 19.4. The van der Waals surface area contributed by atoms with E-state index < -0.39 is 5.91 Å². The van der Waals surface area contributed by atoms with Gasteiger partial charge in [0.05, 0.1) is 6.61 Å². The molecule has 0 aliphatic carbocycles. The molecular formula is C20H22FN3O3. The van der Waals surface area contributed by atoms with Crippen LogP contribution in [0.2, 0.25) is 0 Å². The summed E-state index contributed by atoms with van der Waals surface area (Å²) >= 11 is 0. The molecule has 7 heteroatoms. The second kappa shape index (κ2) is 8.16. The Kier molecular flexibility index (Phi) is 5.69. The molecule has 0 spiro atoms. The maximum atomic E-state index is 13.7. The average Bonchev–Trinajstić information content (AvgIpc) is 2.68. The molecule has 0 bridgehead atoms. The van der Waals surface area contributed by atoms with E-state index in [4.69, 9.17) is 10.5 Å². The first-order chi connectivity index (χ1) is 12.9. The number of carbonyl (C=O) groups excluding carboxylic acids is 2. The Balaban J connectivity index is 1.51. The van der Waals surface area contributed by atoms with Gasteiger partial charge in [-0.1, -0.05) is 6.07 Å². The maximum absolute atomic E-state index is 13.7. The second-order valence-electron chi connectivity index (χ2n) is 6.75. The Hall–Kier alpha value is -2.96. The first kappa shape index (κ1) is 18.8. The van der Waals surface area contributed by atoms with E-state index in [0.29, 0.717) is 42.5 Å². The van der Waals surface area contributed by atoms with Gasteiger partial charge in [0.1, 0.15) is 17.3 Å². The molecule has 3 rings (SSSR count). The number of benzene rings is 1. The second-order valence-corrected chi connectivity index (χ2v) is 6.75. The number of hydrogen-bond acceptors (Lipinski definition) is 4.